The summed E-state index contributed by atoms with van der Waals surface area (Å²) in [6.45, 7) is 1.39. The van der Waals surface area contributed by atoms with Gasteiger partial charge < -0.3 is 15.0 Å². The normalized spacial score (nSPS) is 17.7. The van der Waals surface area contributed by atoms with Gasteiger partial charge in [-0.25, -0.2) is 4.98 Å². The second-order valence-corrected chi connectivity index (χ2v) is 6.83. The Morgan fingerprint density at radius 3 is 2.88 bits per heavy atom. The topological polar surface area (TPSA) is 54.5 Å². The van der Waals surface area contributed by atoms with Crippen LogP contribution >= 0.6 is 0 Å². The van der Waals surface area contributed by atoms with Crippen LogP contribution in [0, 0.1) is 0 Å². The predicted octanol–water partition coefficient (Wildman–Crippen LogP) is 3.27. The smallest absolute Gasteiger partial charge is 0.262 e. The molecule has 1 fully saturated rings. The average molecular weight is 337 g/mol. The molecule has 1 amide bonds. The zero-order chi connectivity index (χ0) is 17.3. The third-order valence-corrected chi connectivity index (χ3v) is 5.45. The molecule has 5 nitrogen and oxygen atoms in total. The number of para-hydroxylation sites is 1. The highest BCUT2D eigenvalue weighted by atomic mass is 16.5. The van der Waals surface area contributed by atoms with Gasteiger partial charge in [0.2, 0.25) is 0 Å². The lowest BCUT2D eigenvalue weighted by Gasteiger charge is -2.40. The van der Waals surface area contributed by atoms with Crippen LogP contribution in [0.4, 0.5) is 11.5 Å². The molecule has 0 spiro atoms. The molecule has 1 aliphatic heterocycles. The van der Waals surface area contributed by atoms with Crippen molar-refractivity contribution < 1.29 is 9.53 Å². The Hall–Kier alpha value is -2.40. The number of hydrogen-bond donors (Lipinski definition) is 1. The van der Waals surface area contributed by atoms with E-state index in [0.717, 1.165) is 24.9 Å². The van der Waals surface area contributed by atoms with Crippen LogP contribution in [-0.2, 0) is 11.2 Å². The van der Waals surface area contributed by atoms with Crippen molar-refractivity contribution in [2.75, 3.05) is 30.4 Å². The Morgan fingerprint density at radius 1 is 1.28 bits per heavy atom. The zero-order valence-electron chi connectivity index (χ0n) is 14.5. The van der Waals surface area contributed by atoms with Gasteiger partial charge in [-0.2, -0.15) is 0 Å². The van der Waals surface area contributed by atoms with Gasteiger partial charge in [-0.15, -0.1) is 0 Å². The maximum Gasteiger partial charge on any atom is 0.262 e. The molecular formula is C20H23N3O2. The lowest BCUT2D eigenvalue weighted by molar-refractivity contribution is -0.0601. The first kappa shape index (κ1) is 16.1. The number of hydrogen-bond acceptors (Lipinski definition) is 4. The zero-order valence-corrected chi connectivity index (χ0v) is 14.5. The maximum atomic E-state index is 13.1. The minimum absolute atomic E-state index is 0.000580. The number of amides is 1. The first-order chi connectivity index (χ1) is 12.2. The molecule has 5 heteroatoms. The van der Waals surface area contributed by atoms with Gasteiger partial charge in [0.25, 0.3) is 5.91 Å². The van der Waals surface area contributed by atoms with Gasteiger partial charge in [0.05, 0.1) is 11.2 Å². The Bertz CT molecular complexity index is 781. The number of nitrogens with one attached hydrogen (secondary N) is 1. The van der Waals surface area contributed by atoms with Crippen LogP contribution in [0.25, 0.3) is 0 Å². The predicted molar refractivity (Wildman–Crippen MR) is 98.1 cm³/mol. The summed E-state index contributed by atoms with van der Waals surface area (Å²) in [7, 11) is 1.76. The molecule has 2 aliphatic rings. The minimum atomic E-state index is -0.113. The van der Waals surface area contributed by atoms with Crippen molar-refractivity contribution in [2.24, 2.45) is 0 Å². The largest absolute Gasteiger partial charge is 0.376 e. The van der Waals surface area contributed by atoms with E-state index in [9.17, 15) is 4.79 Å². The molecule has 0 bridgehead atoms. The third kappa shape index (κ3) is 2.89. The fourth-order valence-corrected chi connectivity index (χ4v) is 3.68. The summed E-state index contributed by atoms with van der Waals surface area (Å²) >= 11 is 0. The fraction of sp³-hybridized carbons (Fsp3) is 0.400. The van der Waals surface area contributed by atoms with Gasteiger partial charge in [0, 0.05) is 32.1 Å². The molecule has 130 valence electrons. The Balaban J connectivity index is 1.56. The van der Waals surface area contributed by atoms with Crippen LogP contribution in [-0.4, -0.2) is 36.7 Å². The van der Waals surface area contributed by atoms with Gasteiger partial charge in [-0.1, -0.05) is 18.2 Å². The van der Waals surface area contributed by atoms with Crippen LogP contribution in [0.1, 0.15) is 35.2 Å². The number of methoxy groups -OCH3 is 1. The molecule has 0 atom stereocenters. The van der Waals surface area contributed by atoms with Gasteiger partial charge >= 0.3 is 0 Å². The molecule has 0 radical (unpaired) electrons. The van der Waals surface area contributed by atoms with E-state index in [-0.39, 0.29) is 11.5 Å². The second-order valence-electron chi connectivity index (χ2n) is 6.83. The highest BCUT2D eigenvalue weighted by Crippen LogP contribution is 2.35. The Morgan fingerprint density at radius 2 is 2.12 bits per heavy atom. The van der Waals surface area contributed by atoms with Crippen molar-refractivity contribution in [3.05, 3.63) is 53.7 Å². The Kier molecular flexibility index (Phi) is 4.17. The Labute approximate surface area is 148 Å². The van der Waals surface area contributed by atoms with Crippen molar-refractivity contribution in [2.45, 2.75) is 31.3 Å². The first-order valence-electron chi connectivity index (χ1n) is 8.86. The lowest BCUT2D eigenvalue weighted by atomic mass is 9.80. The maximum absolute atomic E-state index is 13.1. The molecule has 4 rings (SSSR count). The molecule has 1 saturated carbocycles. The van der Waals surface area contributed by atoms with Crippen molar-refractivity contribution in [1.82, 2.24) is 4.98 Å². The third-order valence-electron chi connectivity index (χ3n) is 5.45. The van der Waals surface area contributed by atoms with E-state index in [1.54, 1.807) is 13.3 Å². The standard InChI is InChI=1S/C20H23N3O2/c1-25-20(10-5-11-20)14-22-18-16(7-4-12-21-18)19(24)23-13-9-15-6-2-3-8-17(15)23/h2-4,6-8,12H,5,9-11,13-14H2,1H3,(H,21,22). The van der Waals surface area contributed by atoms with E-state index in [0.29, 0.717) is 24.5 Å². The summed E-state index contributed by atoms with van der Waals surface area (Å²) in [6, 6.07) is 11.8. The minimum Gasteiger partial charge on any atom is -0.376 e. The number of anilines is 2. The average Bonchev–Trinajstić information content (AvgIpc) is 3.05. The molecule has 2 heterocycles. The summed E-state index contributed by atoms with van der Waals surface area (Å²) in [5.41, 5.74) is 2.74. The highest BCUT2D eigenvalue weighted by Gasteiger charge is 2.37. The van der Waals surface area contributed by atoms with Crippen molar-refractivity contribution in [3.8, 4) is 0 Å². The molecule has 25 heavy (non-hydrogen) atoms. The van der Waals surface area contributed by atoms with E-state index in [1.165, 1.54) is 12.0 Å². The van der Waals surface area contributed by atoms with E-state index < -0.39 is 0 Å². The highest BCUT2D eigenvalue weighted by molar-refractivity contribution is 6.10. The van der Waals surface area contributed by atoms with Crippen LogP contribution in [0.2, 0.25) is 0 Å². The number of benzene rings is 1. The number of carbonyl (C=O) groups is 1. The quantitative estimate of drug-likeness (QED) is 0.910. The molecule has 0 unspecified atom stereocenters. The van der Waals surface area contributed by atoms with E-state index in [2.05, 4.69) is 16.4 Å². The van der Waals surface area contributed by atoms with Gasteiger partial charge in [0.15, 0.2) is 0 Å². The summed E-state index contributed by atoms with van der Waals surface area (Å²) in [6.07, 6.45) is 5.90. The number of aromatic nitrogens is 1. The number of pyridine rings is 1. The first-order valence-corrected chi connectivity index (χ1v) is 8.86. The van der Waals surface area contributed by atoms with Crippen molar-refractivity contribution in [1.29, 1.82) is 0 Å². The fourth-order valence-electron chi connectivity index (χ4n) is 3.68. The van der Waals surface area contributed by atoms with E-state index in [1.807, 2.05) is 35.2 Å². The monoisotopic (exact) mass is 337 g/mol. The van der Waals surface area contributed by atoms with Crippen LogP contribution in [0.5, 0.6) is 0 Å². The summed E-state index contributed by atoms with van der Waals surface area (Å²) in [4.78, 5) is 19.4. The number of fused-ring (bicyclic) bond motifs is 1. The number of nitrogens with zero attached hydrogens (tertiary/aromatic N) is 2. The molecule has 1 aromatic heterocycles. The summed E-state index contributed by atoms with van der Waals surface area (Å²) < 4.78 is 5.66. The SMILES string of the molecule is COC1(CNc2ncccc2C(=O)N2CCc3ccccc32)CCC1. The van der Waals surface area contributed by atoms with Crippen LogP contribution in [0.15, 0.2) is 42.6 Å². The molecule has 0 saturated heterocycles. The van der Waals surface area contributed by atoms with Crippen molar-refractivity contribution >= 4 is 17.4 Å². The molecule has 1 aromatic carbocycles. The molecular weight excluding hydrogens is 314 g/mol. The van der Waals surface area contributed by atoms with Gasteiger partial charge in [0.1, 0.15) is 5.82 Å². The molecule has 1 N–H and O–H groups in total. The van der Waals surface area contributed by atoms with E-state index >= 15 is 0 Å². The summed E-state index contributed by atoms with van der Waals surface area (Å²) in [5.74, 6) is 0.640. The lowest BCUT2D eigenvalue weighted by Crippen LogP contribution is -2.45. The van der Waals surface area contributed by atoms with Gasteiger partial charge in [-0.05, 0) is 49.4 Å². The molecule has 1 aliphatic carbocycles. The summed E-state index contributed by atoms with van der Waals surface area (Å²) in [5, 5.41) is 3.35. The van der Waals surface area contributed by atoms with Crippen LogP contribution in [0.3, 0.4) is 0 Å². The molecule has 2 aromatic rings. The van der Waals surface area contributed by atoms with Gasteiger partial charge in [-0.3, -0.25) is 4.79 Å². The second kappa shape index (κ2) is 6.48. The number of carbonyl (C=O) groups excluding carboxylic acids is 1. The van der Waals surface area contributed by atoms with Crippen LogP contribution < -0.4 is 10.2 Å². The number of ether oxygens (including phenoxy) is 1. The van der Waals surface area contributed by atoms with E-state index in [4.69, 9.17) is 4.74 Å². The number of rotatable bonds is 5. The van der Waals surface area contributed by atoms with Crippen molar-refractivity contribution in [3.63, 3.8) is 0 Å².